The fourth-order valence-electron chi connectivity index (χ4n) is 2.54. The van der Waals surface area contributed by atoms with Gasteiger partial charge in [-0.1, -0.05) is 25.8 Å². The van der Waals surface area contributed by atoms with E-state index in [9.17, 15) is 5.11 Å². The van der Waals surface area contributed by atoms with Crippen LogP contribution in [0.3, 0.4) is 0 Å². The van der Waals surface area contributed by atoms with Crippen molar-refractivity contribution >= 4 is 17.1 Å². The molecule has 4 nitrogen and oxygen atoms in total. The standard InChI is InChI=1S/C20H28N2O2/c1-3-4-8-13-24-16(2)9-6-5-7-10-17-15-21-20-14-18(23)11-12-19(20)22-17/h7,10-12,14-16,23H,3-6,8-9,13H2,1-2H3/b10-7+. The first-order valence-corrected chi connectivity index (χ1v) is 8.93. The molecule has 2 aromatic rings. The molecule has 24 heavy (non-hydrogen) atoms. The highest BCUT2D eigenvalue weighted by molar-refractivity contribution is 5.76. The topological polar surface area (TPSA) is 55.2 Å². The Labute approximate surface area is 144 Å². The van der Waals surface area contributed by atoms with Gasteiger partial charge in [-0.25, -0.2) is 4.98 Å². The molecule has 0 aliphatic carbocycles. The minimum atomic E-state index is 0.214. The maximum atomic E-state index is 9.43. The number of hydrogen-bond donors (Lipinski definition) is 1. The van der Waals surface area contributed by atoms with Crippen LogP contribution in [0.25, 0.3) is 17.1 Å². The van der Waals surface area contributed by atoms with E-state index in [4.69, 9.17) is 4.74 Å². The Morgan fingerprint density at radius 3 is 2.92 bits per heavy atom. The predicted octanol–water partition coefficient (Wildman–Crippen LogP) is 5.11. The number of unbranched alkanes of at least 4 members (excludes halogenated alkanes) is 3. The third kappa shape index (κ3) is 6.28. The summed E-state index contributed by atoms with van der Waals surface area (Å²) in [5, 5.41) is 9.43. The number of ether oxygens (including phenoxy) is 1. The smallest absolute Gasteiger partial charge is 0.117 e. The fraction of sp³-hybridized carbons (Fsp3) is 0.500. The lowest BCUT2D eigenvalue weighted by atomic mass is 10.1. The first kappa shape index (κ1) is 18.4. The highest BCUT2D eigenvalue weighted by atomic mass is 16.5. The summed E-state index contributed by atoms with van der Waals surface area (Å²) >= 11 is 0. The van der Waals surface area contributed by atoms with Gasteiger partial charge in [-0.3, -0.25) is 4.98 Å². The maximum absolute atomic E-state index is 9.43. The van der Waals surface area contributed by atoms with E-state index in [-0.39, 0.29) is 5.75 Å². The van der Waals surface area contributed by atoms with Crippen molar-refractivity contribution in [2.45, 2.75) is 58.5 Å². The van der Waals surface area contributed by atoms with Crippen molar-refractivity contribution in [2.24, 2.45) is 0 Å². The second-order valence-electron chi connectivity index (χ2n) is 6.19. The van der Waals surface area contributed by atoms with Crippen LogP contribution in [0.4, 0.5) is 0 Å². The van der Waals surface area contributed by atoms with E-state index in [2.05, 4.69) is 29.9 Å². The Hall–Kier alpha value is -1.94. The minimum absolute atomic E-state index is 0.214. The molecule has 130 valence electrons. The number of phenolic OH excluding ortho intramolecular Hbond substituents is 1. The summed E-state index contributed by atoms with van der Waals surface area (Å²) in [5.41, 5.74) is 2.35. The van der Waals surface area contributed by atoms with Gasteiger partial charge in [-0.2, -0.15) is 0 Å². The van der Waals surface area contributed by atoms with Gasteiger partial charge in [0.1, 0.15) is 5.75 Å². The van der Waals surface area contributed by atoms with Crippen molar-refractivity contribution in [1.29, 1.82) is 0 Å². The Morgan fingerprint density at radius 2 is 2.08 bits per heavy atom. The third-order valence-electron chi connectivity index (χ3n) is 3.96. The number of nitrogens with zero attached hydrogens (tertiary/aromatic N) is 2. The van der Waals surface area contributed by atoms with Crippen molar-refractivity contribution in [3.8, 4) is 5.75 Å². The lowest BCUT2D eigenvalue weighted by molar-refractivity contribution is 0.0566. The molecule has 0 aliphatic heterocycles. The molecular formula is C20H28N2O2. The molecule has 0 radical (unpaired) electrons. The van der Waals surface area contributed by atoms with E-state index in [0.717, 1.165) is 37.1 Å². The Balaban J connectivity index is 1.71. The van der Waals surface area contributed by atoms with Crippen molar-refractivity contribution in [1.82, 2.24) is 9.97 Å². The summed E-state index contributed by atoms with van der Waals surface area (Å²) in [4.78, 5) is 8.85. The first-order valence-electron chi connectivity index (χ1n) is 8.93. The predicted molar refractivity (Wildman–Crippen MR) is 99.0 cm³/mol. The molecule has 0 fully saturated rings. The van der Waals surface area contributed by atoms with E-state index in [0.29, 0.717) is 11.6 Å². The van der Waals surface area contributed by atoms with Gasteiger partial charge in [0.05, 0.1) is 29.0 Å². The largest absolute Gasteiger partial charge is 0.508 e. The quantitative estimate of drug-likeness (QED) is 0.615. The van der Waals surface area contributed by atoms with Crippen LogP contribution < -0.4 is 0 Å². The SMILES string of the molecule is CCCCCOC(C)CCC/C=C/c1cnc2cc(O)ccc2n1. The second kappa shape index (κ2) is 10.0. The van der Waals surface area contributed by atoms with Crippen LogP contribution in [0.1, 0.15) is 58.1 Å². The number of phenols is 1. The van der Waals surface area contributed by atoms with Gasteiger partial charge in [0.2, 0.25) is 0 Å². The highest BCUT2D eigenvalue weighted by Gasteiger charge is 2.01. The monoisotopic (exact) mass is 328 g/mol. The summed E-state index contributed by atoms with van der Waals surface area (Å²) in [6.07, 6.45) is 13.1. The maximum Gasteiger partial charge on any atom is 0.117 e. The number of hydrogen-bond acceptors (Lipinski definition) is 4. The molecule has 1 N–H and O–H groups in total. The molecule has 0 spiro atoms. The van der Waals surface area contributed by atoms with Crippen molar-refractivity contribution in [3.63, 3.8) is 0 Å². The van der Waals surface area contributed by atoms with Crippen LogP contribution in [0, 0.1) is 0 Å². The molecule has 0 bridgehead atoms. The molecule has 1 heterocycles. The average molecular weight is 328 g/mol. The van der Waals surface area contributed by atoms with E-state index < -0.39 is 0 Å². The van der Waals surface area contributed by atoms with Gasteiger partial charge in [0.25, 0.3) is 0 Å². The normalized spacial score (nSPS) is 12.9. The number of aromatic hydroxyl groups is 1. The van der Waals surface area contributed by atoms with Crippen molar-refractivity contribution < 1.29 is 9.84 Å². The zero-order valence-corrected chi connectivity index (χ0v) is 14.7. The lowest BCUT2D eigenvalue weighted by Crippen LogP contribution is -2.08. The van der Waals surface area contributed by atoms with Gasteiger partial charge in [-0.05, 0) is 50.8 Å². The zero-order chi connectivity index (χ0) is 17.2. The highest BCUT2D eigenvalue weighted by Crippen LogP contribution is 2.17. The van der Waals surface area contributed by atoms with Crippen molar-refractivity contribution in [3.05, 3.63) is 36.2 Å². The zero-order valence-electron chi connectivity index (χ0n) is 14.7. The number of benzene rings is 1. The van der Waals surface area contributed by atoms with E-state index in [1.807, 2.05) is 6.08 Å². The van der Waals surface area contributed by atoms with Crippen LogP contribution in [-0.4, -0.2) is 27.8 Å². The molecule has 2 rings (SSSR count). The number of aromatic nitrogens is 2. The van der Waals surface area contributed by atoms with Gasteiger partial charge in [-0.15, -0.1) is 0 Å². The summed E-state index contributed by atoms with van der Waals surface area (Å²) < 4.78 is 5.80. The van der Waals surface area contributed by atoms with Crippen LogP contribution in [0.5, 0.6) is 5.75 Å². The van der Waals surface area contributed by atoms with E-state index in [1.165, 1.54) is 19.3 Å². The minimum Gasteiger partial charge on any atom is -0.508 e. The van der Waals surface area contributed by atoms with E-state index in [1.54, 1.807) is 24.4 Å². The van der Waals surface area contributed by atoms with Crippen LogP contribution in [0.15, 0.2) is 30.5 Å². The molecule has 0 amide bonds. The lowest BCUT2D eigenvalue weighted by Gasteiger charge is -2.11. The summed E-state index contributed by atoms with van der Waals surface area (Å²) in [6.45, 7) is 5.24. The molecule has 0 aliphatic rings. The molecule has 1 aromatic carbocycles. The first-order chi connectivity index (χ1) is 11.7. The summed E-state index contributed by atoms with van der Waals surface area (Å²) in [6, 6.07) is 5.04. The average Bonchev–Trinajstić information content (AvgIpc) is 2.58. The molecular weight excluding hydrogens is 300 g/mol. The van der Waals surface area contributed by atoms with Gasteiger partial charge in [0.15, 0.2) is 0 Å². The van der Waals surface area contributed by atoms with Gasteiger partial charge in [0, 0.05) is 12.7 Å². The molecule has 1 unspecified atom stereocenters. The second-order valence-corrected chi connectivity index (χ2v) is 6.19. The summed E-state index contributed by atoms with van der Waals surface area (Å²) in [7, 11) is 0. The molecule has 4 heteroatoms. The van der Waals surface area contributed by atoms with Crippen LogP contribution in [0.2, 0.25) is 0 Å². The fourth-order valence-corrected chi connectivity index (χ4v) is 2.54. The van der Waals surface area contributed by atoms with Gasteiger partial charge >= 0.3 is 0 Å². The molecule has 1 aromatic heterocycles. The number of allylic oxidation sites excluding steroid dienone is 1. The van der Waals surface area contributed by atoms with E-state index >= 15 is 0 Å². The van der Waals surface area contributed by atoms with Crippen LogP contribution >= 0.6 is 0 Å². The number of rotatable bonds is 10. The van der Waals surface area contributed by atoms with Crippen molar-refractivity contribution in [2.75, 3.05) is 6.61 Å². The molecule has 1 atom stereocenters. The van der Waals surface area contributed by atoms with Crippen LogP contribution in [-0.2, 0) is 4.74 Å². The Kier molecular flexibility index (Phi) is 7.69. The molecule has 0 saturated heterocycles. The van der Waals surface area contributed by atoms with Gasteiger partial charge < -0.3 is 9.84 Å². The Morgan fingerprint density at radius 1 is 1.21 bits per heavy atom. The Bertz CT molecular complexity index is 655. The number of fused-ring (bicyclic) bond motifs is 1. The summed E-state index contributed by atoms with van der Waals surface area (Å²) in [5.74, 6) is 0.214. The third-order valence-corrected chi connectivity index (χ3v) is 3.96. The molecule has 0 saturated carbocycles.